The summed E-state index contributed by atoms with van der Waals surface area (Å²) in [6, 6.07) is 23.0. The largest absolute Gasteiger partial charge is 0.348 e. The van der Waals surface area contributed by atoms with Crippen molar-refractivity contribution in [2.45, 2.75) is 12.2 Å². The minimum absolute atomic E-state index is 0.0492. The van der Waals surface area contributed by atoms with Crippen molar-refractivity contribution in [3.63, 3.8) is 0 Å². The molecule has 0 spiro atoms. The lowest BCUT2D eigenvalue weighted by atomic mass is 10.1. The summed E-state index contributed by atoms with van der Waals surface area (Å²) in [6.45, 7) is 0. The first-order chi connectivity index (χ1) is 14.1. The number of hydrogen-bond donors (Lipinski definition) is 1. The summed E-state index contributed by atoms with van der Waals surface area (Å²) in [6.07, 6.45) is 4.09. The molecule has 6 heteroatoms. The van der Waals surface area contributed by atoms with Gasteiger partial charge in [0, 0.05) is 29.1 Å². The summed E-state index contributed by atoms with van der Waals surface area (Å²) in [5, 5.41) is 1.87. The molecule has 0 saturated carbocycles. The lowest BCUT2D eigenvalue weighted by molar-refractivity contribution is 0.589. The van der Waals surface area contributed by atoms with E-state index in [0.717, 1.165) is 27.6 Å². The van der Waals surface area contributed by atoms with E-state index in [2.05, 4.69) is 9.97 Å². The maximum absolute atomic E-state index is 13.5. The van der Waals surface area contributed by atoms with Crippen molar-refractivity contribution in [2.24, 2.45) is 0 Å². The Bertz CT molecular complexity index is 1400. The van der Waals surface area contributed by atoms with Gasteiger partial charge in [0.2, 0.25) is 10.0 Å². The Labute approximate surface area is 168 Å². The number of rotatable bonds is 5. The number of hydrogen-bond acceptors (Lipinski definition) is 3. The van der Waals surface area contributed by atoms with Crippen molar-refractivity contribution in [3.05, 3.63) is 102 Å². The molecule has 0 unspecified atom stereocenters. The zero-order valence-corrected chi connectivity index (χ0v) is 16.4. The van der Waals surface area contributed by atoms with Gasteiger partial charge in [-0.1, -0.05) is 60.7 Å². The molecule has 29 heavy (non-hydrogen) atoms. The summed E-state index contributed by atoms with van der Waals surface area (Å²) < 4.78 is 28.4. The molecule has 0 aliphatic rings. The predicted molar refractivity (Wildman–Crippen MR) is 115 cm³/mol. The maximum Gasteiger partial charge on any atom is 0.243 e. The van der Waals surface area contributed by atoms with Gasteiger partial charge in [-0.3, -0.25) is 0 Å². The van der Waals surface area contributed by atoms with Crippen LogP contribution in [0.15, 0.2) is 85.3 Å². The van der Waals surface area contributed by atoms with Gasteiger partial charge in [0.05, 0.1) is 23.1 Å². The van der Waals surface area contributed by atoms with Gasteiger partial charge in [-0.25, -0.2) is 17.4 Å². The predicted octanol–water partition coefficient (Wildman–Crippen LogP) is 4.49. The monoisotopic (exact) mass is 401 g/mol. The topological polar surface area (TPSA) is 67.8 Å². The van der Waals surface area contributed by atoms with Crippen LogP contribution in [0.2, 0.25) is 0 Å². The van der Waals surface area contributed by atoms with Gasteiger partial charge in [-0.05, 0) is 23.3 Å². The summed E-state index contributed by atoms with van der Waals surface area (Å²) in [4.78, 5) is 7.16. The van der Waals surface area contributed by atoms with Crippen LogP contribution in [0.4, 0.5) is 0 Å². The second kappa shape index (κ2) is 6.90. The minimum Gasteiger partial charge on any atom is -0.348 e. The molecule has 5 rings (SSSR count). The highest BCUT2D eigenvalue weighted by Crippen LogP contribution is 2.32. The van der Waals surface area contributed by atoms with Crippen molar-refractivity contribution in [2.75, 3.05) is 0 Å². The quantitative estimate of drug-likeness (QED) is 0.472. The van der Waals surface area contributed by atoms with Crippen LogP contribution >= 0.6 is 0 Å². The maximum atomic E-state index is 13.5. The van der Waals surface area contributed by atoms with Crippen LogP contribution in [0.3, 0.4) is 0 Å². The fourth-order valence-corrected chi connectivity index (χ4v) is 5.49. The van der Waals surface area contributed by atoms with E-state index in [1.54, 1.807) is 12.5 Å². The molecule has 0 atom stereocenters. The number of benzene rings is 3. The molecule has 1 N–H and O–H groups in total. The molecule has 5 nitrogen and oxygen atoms in total. The number of para-hydroxylation sites is 1. The fraction of sp³-hybridized carbons (Fsp3) is 0.0870. The van der Waals surface area contributed by atoms with Crippen LogP contribution in [-0.4, -0.2) is 22.4 Å². The summed E-state index contributed by atoms with van der Waals surface area (Å²) in [5.41, 5.74) is 4.20. The van der Waals surface area contributed by atoms with Crippen molar-refractivity contribution in [1.82, 2.24) is 13.9 Å². The molecule has 144 valence electrons. The van der Waals surface area contributed by atoms with Crippen molar-refractivity contribution in [1.29, 1.82) is 0 Å². The first kappa shape index (κ1) is 17.7. The highest BCUT2D eigenvalue weighted by Gasteiger charge is 2.21. The number of aromatic nitrogens is 3. The SMILES string of the molecule is O=S(=O)(Cc1ccccc1)n1c2ccccc2c2ccc(Cc3cnc[nH]3)cc21. The molecule has 2 heterocycles. The van der Waals surface area contributed by atoms with E-state index in [-0.39, 0.29) is 5.75 Å². The Morgan fingerprint density at radius 2 is 1.59 bits per heavy atom. The number of H-pyrrole nitrogens is 1. The zero-order valence-electron chi connectivity index (χ0n) is 15.6. The smallest absolute Gasteiger partial charge is 0.243 e. The van der Waals surface area contributed by atoms with Gasteiger partial charge in [-0.15, -0.1) is 0 Å². The fourth-order valence-electron chi connectivity index (χ4n) is 3.84. The molecule has 0 fully saturated rings. The molecule has 0 amide bonds. The second-order valence-electron chi connectivity index (χ2n) is 7.13. The van der Waals surface area contributed by atoms with Crippen LogP contribution in [-0.2, 0) is 22.2 Å². The lowest BCUT2D eigenvalue weighted by Gasteiger charge is -2.10. The zero-order chi connectivity index (χ0) is 19.8. The Morgan fingerprint density at radius 1 is 0.828 bits per heavy atom. The van der Waals surface area contributed by atoms with E-state index in [1.807, 2.05) is 72.8 Å². The molecule has 0 aliphatic heterocycles. The molecular formula is C23H19N3O2S. The van der Waals surface area contributed by atoms with E-state index in [9.17, 15) is 8.42 Å². The summed E-state index contributed by atoms with van der Waals surface area (Å²) in [5.74, 6) is -0.0492. The standard InChI is InChI=1S/C23H19N3O2S/c27-29(28,15-17-6-2-1-3-7-17)26-22-9-5-4-8-20(22)21-11-10-18(13-23(21)26)12-19-14-24-16-25-19/h1-11,13-14,16H,12,15H2,(H,24,25). The molecular weight excluding hydrogens is 382 g/mol. The Morgan fingerprint density at radius 3 is 2.38 bits per heavy atom. The normalized spacial score (nSPS) is 12.0. The first-order valence-corrected chi connectivity index (χ1v) is 11.0. The van der Waals surface area contributed by atoms with Crippen molar-refractivity contribution < 1.29 is 8.42 Å². The molecule has 2 aromatic heterocycles. The number of imidazole rings is 1. The third-order valence-corrected chi connectivity index (χ3v) is 6.76. The molecule has 0 aliphatic carbocycles. The van der Waals surface area contributed by atoms with Crippen molar-refractivity contribution in [3.8, 4) is 0 Å². The highest BCUT2D eigenvalue weighted by atomic mass is 32.2. The molecule has 0 saturated heterocycles. The number of fused-ring (bicyclic) bond motifs is 3. The van der Waals surface area contributed by atoms with Crippen LogP contribution in [0.1, 0.15) is 16.8 Å². The van der Waals surface area contributed by atoms with Gasteiger partial charge in [0.25, 0.3) is 0 Å². The third-order valence-electron chi connectivity index (χ3n) is 5.11. The van der Waals surface area contributed by atoms with Crippen LogP contribution in [0.25, 0.3) is 21.8 Å². The van der Waals surface area contributed by atoms with Gasteiger partial charge in [-0.2, -0.15) is 0 Å². The number of aromatic amines is 1. The molecule has 5 aromatic rings. The average Bonchev–Trinajstić information content (AvgIpc) is 3.34. The van der Waals surface area contributed by atoms with Gasteiger partial charge < -0.3 is 4.98 Å². The molecule has 0 radical (unpaired) electrons. The number of nitrogens with one attached hydrogen (secondary N) is 1. The number of nitrogens with zero attached hydrogens (tertiary/aromatic N) is 2. The van der Waals surface area contributed by atoms with E-state index in [1.165, 1.54) is 3.97 Å². The highest BCUT2D eigenvalue weighted by molar-refractivity contribution is 7.89. The molecule has 0 bridgehead atoms. The lowest BCUT2D eigenvalue weighted by Crippen LogP contribution is -2.15. The minimum atomic E-state index is -3.61. The van der Waals surface area contributed by atoms with E-state index in [0.29, 0.717) is 17.5 Å². The van der Waals surface area contributed by atoms with E-state index in [4.69, 9.17) is 0 Å². The first-order valence-electron chi connectivity index (χ1n) is 9.38. The van der Waals surface area contributed by atoms with E-state index >= 15 is 0 Å². The van der Waals surface area contributed by atoms with Crippen LogP contribution in [0.5, 0.6) is 0 Å². The van der Waals surface area contributed by atoms with Crippen LogP contribution in [0, 0.1) is 0 Å². The molecule has 3 aromatic carbocycles. The summed E-state index contributed by atoms with van der Waals surface area (Å²) >= 11 is 0. The van der Waals surface area contributed by atoms with Gasteiger partial charge in [0.15, 0.2) is 0 Å². The van der Waals surface area contributed by atoms with E-state index < -0.39 is 10.0 Å². The Hall–Kier alpha value is -3.38. The van der Waals surface area contributed by atoms with Gasteiger partial charge >= 0.3 is 0 Å². The second-order valence-corrected chi connectivity index (χ2v) is 8.95. The Kier molecular flexibility index (Phi) is 4.21. The third kappa shape index (κ3) is 3.21. The van der Waals surface area contributed by atoms with Crippen LogP contribution < -0.4 is 0 Å². The van der Waals surface area contributed by atoms with Gasteiger partial charge in [0.1, 0.15) is 0 Å². The average molecular weight is 401 g/mol. The summed E-state index contributed by atoms with van der Waals surface area (Å²) in [7, 11) is -3.61. The Balaban J connectivity index is 1.71. The van der Waals surface area contributed by atoms with Crippen molar-refractivity contribution >= 4 is 31.8 Å².